The van der Waals surface area contributed by atoms with Gasteiger partial charge in [0, 0.05) is 0 Å². The normalized spacial score (nSPS) is 12.8. The zero-order valence-electron chi connectivity index (χ0n) is 15.2. The Morgan fingerprint density at radius 1 is 1.22 bits per heavy atom. The van der Waals surface area contributed by atoms with Crippen molar-refractivity contribution in [3.8, 4) is 11.5 Å². The first-order valence-corrected chi connectivity index (χ1v) is 11.6. The van der Waals surface area contributed by atoms with E-state index in [-0.39, 0.29) is 6.04 Å². The first-order chi connectivity index (χ1) is 10.6. The molecule has 126 valence electrons. The second-order valence-corrected chi connectivity index (χ2v) is 12.5. The Bertz CT molecular complexity index is 559. The number of hydrogen-bond acceptors (Lipinski definition) is 2. The summed E-state index contributed by atoms with van der Waals surface area (Å²) in [5, 5.41) is 2.90. The first kappa shape index (κ1) is 19.3. The number of carbonyl (C=O) groups is 1. The van der Waals surface area contributed by atoms with E-state index in [1.807, 2.05) is 39.0 Å². The van der Waals surface area contributed by atoms with Gasteiger partial charge >= 0.3 is 6.09 Å². The van der Waals surface area contributed by atoms with Gasteiger partial charge in [0.1, 0.15) is 13.7 Å². The lowest BCUT2D eigenvalue weighted by Crippen LogP contribution is -2.39. The molecule has 0 saturated carbocycles. The summed E-state index contributed by atoms with van der Waals surface area (Å²) < 4.78 is 5.35. The smallest absolute Gasteiger partial charge is 0.408 e. The first-order valence-electron chi connectivity index (χ1n) is 8.11. The minimum atomic E-state index is -1.48. The van der Waals surface area contributed by atoms with Crippen molar-refractivity contribution in [2.45, 2.75) is 64.9 Å². The molecule has 1 amide bonds. The Morgan fingerprint density at radius 3 is 2.35 bits per heavy atom. The summed E-state index contributed by atoms with van der Waals surface area (Å²) in [6, 6.07) is 10.1. The molecule has 1 N–H and O–H groups in total. The van der Waals surface area contributed by atoms with Crippen molar-refractivity contribution >= 4 is 14.2 Å². The topological polar surface area (TPSA) is 38.3 Å². The fourth-order valence-electron chi connectivity index (χ4n) is 1.89. The number of alkyl carbamates (subject to hydrolysis) is 1. The Hall–Kier alpha value is -1.73. The second-order valence-electron chi connectivity index (χ2n) is 7.74. The van der Waals surface area contributed by atoms with Crippen molar-refractivity contribution in [3.05, 3.63) is 35.9 Å². The maximum absolute atomic E-state index is 12.0. The number of aryl methyl sites for hydroxylation is 1. The molecule has 1 rings (SSSR count). The number of rotatable bonds is 4. The number of ether oxygens (including phenoxy) is 1. The van der Waals surface area contributed by atoms with Gasteiger partial charge in [-0.3, -0.25) is 0 Å². The summed E-state index contributed by atoms with van der Waals surface area (Å²) in [4.78, 5) is 12.0. The highest BCUT2D eigenvalue weighted by molar-refractivity contribution is 6.83. The van der Waals surface area contributed by atoms with Crippen molar-refractivity contribution in [2.24, 2.45) is 0 Å². The molecule has 0 radical (unpaired) electrons. The molecule has 4 heteroatoms. The Morgan fingerprint density at radius 2 is 1.83 bits per heavy atom. The fraction of sp³-hybridized carbons (Fsp3) is 0.526. The maximum atomic E-state index is 12.0. The molecule has 0 bridgehead atoms. The van der Waals surface area contributed by atoms with E-state index in [1.54, 1.807) is 0 Å². The highest BCUT2D eigenvalue weighted by Gasteiger charge is 2.19. The summed E-state index contributed by atoms with van der Waals surface area (Å²) in [5.74, 6) is 3.25. The molecule has 23 heavy (non-hydrogen) atoms. The maximum Gasteiger partial charge on any atom is 0.408 e. The molecule has 1 aromatic carbocycles. The van der Waals surface area contributed by atoms with Crippen LogP contribution in [-0.2, 0) is 11.2 Å². The average Bonchev–Trinajstić information content (AvgIpc) is 2.40. The van der Waals surface area contributed by atoms with E-state index in [4.69, 9.17) is 4.74 Å². The van der Waals surface area contributed by atoms with Crippen molar-refractivity contribution in [2.75, 3.05) is 0 Å². The fourth-order valence-corrected chi connectivity index (χ4v) is 2.50. The summed E-state index contributed by atoms with van der Waals surface area (Å²) >= 11 is 0. The van der Waals surface area contributed by atoms with Gasteiger partial charge < -0.3 is 10.1 Å². The van der Waals surface area contributed by atoms with Gasteiger partial charge in [0.15, 0.2) is 0 Å². The van der Waals surface area contributed by atoms with Gasteiger partial charge in [-0.2, -0.15) is 0 Å². The summed E-state index contributed by atoms with van der Waals surface area (Å²) in [7, 11) is -1.48. The minimum Gasteiger partial charge on any atom is -0.444 e. The van der Waals surface area contributed by atoms with Crippen molar-refractivity contribution in [3.63, 3.8) is 0 Å². The highest BCUT2D eigenvalue weighted by atomic mass is 28.3. The molecule has 1 atom stereocenters. The van der Waals surface area contributed by atoms with E-state index in [2.05, 4.69) is 48.6 Å². The van der Waals surface area contributed by atoms with Crippen molar-refractivity contribution in [1.82, 2.24) is 5.32 Å². The van der Waals surface area contributed by atoms with Gasteiger partial charge in [-0.05, 0) is 39.2 Å². The van der Waals surface area contributed by atoms with E-state index in [1.165, 1.54) is 5.56 Å². The van der Waals surface area contributed by atoms with Crippen LogP contribution in [0, 0.1) is 11.5 Å². The molecule has 0 aliphatic carbocycles. The van der Waals surface area contributed by atoms with Gasteiger partial charge in [-0.1, -0.05) is 55.9 Å². The van der Waals surface area contributed by atoms with Crippen LogP contribution in [0.25, 0.3) is 0 Å². The van der Waals surface area contributed by atoms with Crippen LogP contribution in [-0.4, -0.2) is 25.8 Å². The molecule has 0 aliphatic heterocycles. The predicted octanol–water partition coefficient (Wildman–Crippen LogP) is 4.39. The summed E-state index contributed by atoms with van der Waals surface area (Å²) in [6.07, 6.45) is 1.25. The van der Waals surface area contributed by atoms with Crippen LogP contribution in [0.15, 0.2) is 30.3 Å². The molecular weight excluding hydrogens is 302 g/mol. The van der Waals surface area contributed by atoms with E-state index in [9.17, 15) is 4.79 Å². The van der Waals surface area contributed by atoms with Gasteiger partial charge in [-0.15, -0.1) is 5.54 Å². The highest BCUT2D eigenvalue weighted by Crippen LogP contribution is 2.09. The molecule has 0 fully saturated rings. The number of amides is 1. The SMILES string of the molecule is CC(C)(C)OC(=O)NC(C#C[Si](C)(C)C)CCc1ccccc1. The molecular formula is C19H29NO2Si. The number of carbonyl (C=O) groups excluding carboxylic acids is 1. The van der Waals surface area contributed by atoms with Crippen LogP contribution >= 0.6 is 0 Å². The lowest BCUT2D eigenvalue weighted by Gasteiger charge is -2.22. The molecule has 1 unspecified atom stereocenters. The van der Waals surface area contributed by atoms with Crippen LogP contribution in [0.1, 0.15) is 32.8 Å². The predicted molar refractivity (Wildman–Crippen MR) is 99.0 cm³/mol. The average molecular weight is 332 g/mol. The number of hydrogen-bond donors (Lipinski definition) is 1. The van der Waals surface area contributed by atoms with Crippen LogP contribution in [0.5, 0.6) is 0 Å². The standard InChI is InChI=1S/C19H29NO2Si/c1-19(2,3)22-18(21)20-17(14-15-23(4,5)6)13-12-16-10-8-7-9-11-16/h7-11,17H,12-13H2,1-6H3,(H,20,21). The lowest BCUT2D eigenvalue weighted by molar-refractivity contribution is 0.0514. The molecule has 1 aromatic rings. The zero-order chi connectivity index (χ0) is 17.5. The molecule has 0 aromatic heterocycles. The van der Waals surface area contributed by atoms with E-state index >= 15 is 0 Å². The van der Waals surface area contributed by atoms with Gasteiger partial charge in [0.2, 0.25) is 0 Å². The van der Waals surface area contributed by atoms with Gasteiger partial charge in [0.05, 0.1) is 6.04 Å². The minimum absolute atomic E-state index is 0.184. The summed E-state index contributed by atoms with van der Waals surface area (Å²) in [6.45, 7) is 12.2. The zero-order valence-corrected chi connectivity index (χ0v) is 16.2. The van der Waals surface area contributed by atoms with Crippen molar-refractivity contribution in [1.29, 1.82) is 0 Å². The third-order valence-electron chi connectivity index (χ3n) is 2.88. The third kappa shape index (κ3) is 9.80. The van der Waals surface area contributed by atoms with E-state index in [0.29, 0.717) is 0 Å². The number of benzene rings is 1. The Kier molecular flexibility index (Phi) is 6.90. The molecule has 0 heterocycles. The summed E-state index contributed by atoms with van der Waals surface area (Å²) in [5.41, 5.74) is 4.09. The molecule has 3 nitrogen and oxygen atoms in total. The van der Waals surface area contributed by atoms with Crippen molar-refractivity contribution < 1.29 is 9.53 Å². The Balaban J connectivity index is 2.72. The molecule has 0 spiro atoms. The van der Waals surface area contributed by atoms with E-state index in [0.717, 1.165) is 12.8 Å². The number of nitrogens with one attached hydrogen (secondary N) is 1. The second kappa shape index (κ2) is 8.21. The van der Waals surface area contributed by atoms with E-state index < -0.39 is 19.8 Å². The third-order valence-corrected chi connectivity index (χ3v) is 3.77. The van der Waals surface area contributed by atoms with Crippen LogP contribution in [0.4, 0.5) is 4.79 Å². The van der Waals surface area contributed by atoms with Crippen LogP contribution < -0.4 is 5.32 Å². The monoisotopic (exact) mass is 331 g/mol. The van der Waals surface area contributed by atoms with Gasteiger partial charge in [-0.25, -0.2) is 4.79 Å². The molecule has 0 saturated heterocycles. The lowest BCUT2D eigenvalue weighted by atomic mass is 10.1. The largest absolute Gasteiger partial charge is 0.444 e. The van der Waals surface area contributed by atoms with Crippen LogP contribution in [0.3, 0.4) is 0 Å². The van der Waals surface area contributed by atoms with Gasteiger partial charge in [0.25, 0.3) is 0 Å². The van der Waals surface area contributed by atoms with Crippen LogP contribution in [0.2, 0.25) is 19.6 Å². The quantitative estimate of drug-likeness (QED) is 0.656. The Labute approximate surface area is 141 Å². The molecule has 0 aliphatic rings.